The van der Waals surface area contributed by atoms with E-state index >= 15 is 0 Å². The molecule has 106 valence electrons. The van der Waals surface area contributed by atoms with Crippen LogP contribution < -0.4 is 14.8 Å². The van der Waals surface area contributed by atoms with Gasteiger partial charge >= 0.3 is 0 Å². The summed E-state index contributed by atoms with van der Waals surface area (Å²) in [6, 6.07) is 10.7. The van der Waals surface area contributed by atoms with E-state index in [0.29, 0.717) is 12.1 Å². The number of halogens is 1. The summed E-state index contributed by atoms with van der Waals surface area (Å²) in [4.78, 5) is 0. The fourth-order valence-corrected chi connectivity index (χ4v) is 2.17. The summed E-state index contributed by atoms with van der Waals surface area (Å²) in [5, 5.41) is 3.08. The Labute approximate surface area is 118 Å². The third-order valence-corrected chi connectivity index (χ3v) is 3.14. The predicted octanol–water partition coefficient (Wildman–Crippen LogP) is 3.23. The summed E-state index contributed by atoms with van der Waals surface area (Å²) < 4.78 is 24.6. The average molecular weight is 275 g/mol. The Morgan fingerprint density at radius 2 is 1.80 bits per heavy atom. The van der Waals surface area contributed by atoms with Gasteiger partial charge in [0.05, 0.1) is 14.2 Å². The first kappa shape index (κ1) is 14.3. The molecule has 2 aromatic carbocycles. The zero-order valence-electron chi connectivity index (χ0n) is 11.9. The molecule has 3 nitrogen and oxygen atoms in total. The molecule has 0 amide bonds. The molecule has 4 heteroatoms. The minimum absolute atomic E-state index is 0.244. The third kappa shape index (κ3) is 2.75. The van der Waals surface area contributed by atoms with Crippen molar-refractivity contribution < 1.29 is 13.9 Å². The van der Waals surface area contributed by atoms with Gasteiger partial charge in [0.25, 0.3) is 0 Å². The summed E-state index contributed by atoms with van der Waals surface area (Å²) in [7, 11) is 4.95. The molecule has 0 aliphatic carbocycles. The van der Waals surface area contributed by atoms with Crippen LogP contribution in [-0.2, 0) is 6.54 Å². The highest BCUT2D eigenvalue weighted by Crippen LogP contribution is 2.31. The van der Waals surface area contributed by atoms with Gasteiger partial charge in [-0.05, 0) is 30.8 Å². The second-order valence-electron chi connectivity index (χ2n) is 4.38. The van der Waals surface area contributed by atoms with Gasteiger partial charge < -0.3 is 14.8 Å². The number of ether oxygens (including phenoxy) is 2. The Hall–Kier alpha value is -2.07. The Kier molecular flexibility index (Phi) is 4.58. The molecule has 0 bridgehead atoms. The van der Waals surface area contributed by atoms with Crippen LogP contribution in [0, 0.1) is 5.82 Å². The van der Waals surface area contributed by atoms with Crippen molar-refractivity contribution in [3.63, 3.8) is 0 Å². The van der Waals surface area contributed by atoms with Crippen LogP contribution in [0.5, 0.6) is 11.5 Å². The lowest BCUT2D eigenvalue weighted by molar-refractivity contribution is 0.387. The van der Waals surface area contributed by atoms with Gasteiger partial charge in [-0.25, -0.2) is 4.39 Å². The summed E-state index contributed by atoms with van der Waals surface area (Å²) in [5.41, 5.74) is 2.30. The van der Waals surface area contributed by atoms with E-state index in [2.05, 4.69) is 5.32 Å². The van der Waals surface area contributed by atoms with Crippen molar-refractivity contribution in [1.29, 1.82) is 0 Å². The number of benzene rings is 2. The van der Waals surface area contributed by atoms with Crippen molar-refractivity contribution in [2.45, 2.75) is 6.54 Å². The van der Waals surface area contributed by atoms with E-state index in [-0.39, 0.29) is 11.6 Å². The molecule has 0 heterocycles. The van der Waals surface area contributed by atoms with Crippen LogP contribution >= 0.6 is 0 Å². The quantitative estimate of drug-likeness (QED) is 0.908. The Morgan fingerprint density at radius 1 is 1.05 bits per heavy atom. The molecular weight excluding hydrogens is 257 g/mol. The standard InChI is InChI=1S/C16H18FNO2/c1-18-10-12-9-11(7-8-14(12)19-2)13-5-4-6-15(20-3)16(13)17/h4-9,18H,10H2,1-3H3. The maximum atomic E-state index is 14.3. The van der Waals surface area contributed by atoms with Gasteiger partial charge in [0.1, 0.15) is 5.75 Å². The average Bonchev–Trinajstić information content (AvgIpc) is 2.48. The number of hydrogen-bond donors (Lipinski definition) is 1. The van der Waals surface area contributed by atoms with Crippen LogP contribution in [0.4, 0.5) is 4.39 Å². The molecule has 0 aliphatic heterocycles. The van der Waals surface area contributed by atoms with Crippen LogP contribution in [-0.4, -0.2) is 21.3 Å². The van der Waals surface area contributed by atoms with E-state index in [9.17, 15) is 4.39 Å². The minimum Gasteiger partial charge on any atom is -0.496 e. The van der Waals surface area contributed by atoms with Crippen molar-refractivity contribution in [2.75, 3.05) is 21.3 Å². The fraction of sp³-hybridized carbons (Fsp3) is 0.250. The first-order chi connectivity index (χ1) is 9.71. The van der Waals surface area contributed by atoms with E-state index in [1.807, 2.05) is 25.2 Å². The van der Waals surface area contributed by atoms with Crippen molar-refractivity contribution in [1.82, 2.24) is 5.32 Å². The van der Waals surface area contributed by atoms with Crippen LogP contribution in [0.2, 0.25) is 0 Å². The van der Waals surface area contributed by atoms with Gasteiger partial charge in [0, 0.05) is 17.7 Å². The Balaban J connectivity index is 2.50. The molecule has 0 unspecified atom stereocenters. The van der Waals surface area contributed by atoms with Crippen LogP contribution in [0.25, 0.3) is 11.1 Å². The van der Waals surface area contributed by atoms with Gasteiger partial charge in [-0.15, -0.1) is 0 Å². The topological polar surface area (TPSA) is 30.5 Å². The molecule has 20 heavy (non-hydrogen) atoms. The van der Waals surface area contributed by atoms with Crippen molar-refractivity contribution in [3.05, 3.63) is 47.8 Å². The molecule has 1 N–H and O–H groups in total. The lowest BCUT2D eigenvalue weighted by Gasteiger charge is -2.12. The molecular formula is C16H18FNO2. The lowest BCUT2D eigenvalue weighted by Crippen LogP contribution is -2.06. The molecule has 2 rings (SSSR count). The number of hydrogen-bond acceptors (Lipinski definition) is 3. The second kappa shape index (κ2) is 6.39. The molecule has 0 saturated heterocycles. The van der Waals surface area contributed by atoms with E-state index in [0.717, 1.165) is 16.9 Å². The SMILES string of the molecule is CNCc1cc(-c2cccc(OC)c2F)ccc1OC. The molecule has 0 saturated carbocycles. The Bertz CT molecular complexity index is 599. The highest BCUT2D eigenvalue weighted by Gasteiger charge is 2.12. The predicted molar refractivity (Wildman–Crippen MR) is 77.7 cm³/mol. The first-order valence-electron chi connectivity index (χ1n) is 6.35. The van der Waals surface area contributed by atoms with E-state index in [4.69, 9.17) is 9.47 Å². The molecule has 0 aromatic heterocycles. The Morgan fingerprint density at radius 3 is 2.45 bits per heavy atom. The van der Waals surface area contributed by atoms with Gasteiger partial charge in [-0.2, -0.15) is 0 Å². The first-order valence-corrected chi connectivity index (χ1v) is 6.35. The molecule has 0 aliphatic rings. The molecule has 0 atom stereocenters. The van der Waals surface area contributed by atoms with Gasteiger partial charge in [0.15, 0.2) is 11.6 Å². The summed E-state index contributed by atoms with van der Waals surface area (Å²) in [6.45, 7) is 0.655. The maximum Gasteiger partial charge on any atom is 0.172 e. The summed E-state index contributed by atoms with van der Waals surface area (Å²) in [5.74, 6) is 0.676. The zero-order chi connectivity index (χ0) is 14.5. The molecule has 2 aromatic rings. The minimum atomic E-state index is -0.351. The van der Waals surface area contributed by atoms with E-state index in [1.54, 1.807) is 25.3 Å². The van der Waals surface area contributed by atoms with Crippen molar-refractivity contribution >= 4 is 0 Å². The number of nitrogens with one attached hydrogen (secondary N) is 1. The van der Waals surface area contributed by atoms with Crippen molar-refractivity contribution in [3.8, 4) is 22.6 Å². The molecule has 0 radical (unpaired) electrons. The van der Waals surface area contributed by atoms with E-state index < -0.39 is 0 Å². The lowest BCUT2D eigenvalue weighted by atomic mass is 10.0. The zero-order valence-corrected chi connectivity index (χ0v) is 11.9. The maximum absolute atomic E-state index is 14.3. The van der Waals surface area contributed by atoms with Gasteiger partial charge in [-0.3, -0.25) is 0 Å². The van der Waals surface area contributed by atoms with Gasteiger partial charge in [-0.1, -0.05) is 18.2 Å². The third-order valence-electron chi connectivity index (χ3n) is 3.14. The smallest absolute Gasteiger partial charge is 0.172 e. The molecule has 0 spiro atoms. The molecule has 0 fully saturated rings. The summed E-state index contributed by atoms with van der Waals surface area (Å²) in [6.07, 6.45) is 0. The normalized spacial score (nSPS) is 10.4. The second-order valence-corrected chi connectivity index (χ2v) is 4.38. The van der Waals surface area contributed by atoms with E-state index in [1.165, 1.54) is 7.11 Å². The largest absolute Gasteiger partial charge is 0.496 e. The monoisotopic (exact) mass is 275 g/mol. The van der Waals surface area contributed by atoms with Gasteiger partial charge in [0.2, 0.25) is 0 Å². The fourth-order valence-electron chi connectivity index (χ4n) is 2.17. The highest BCUT2D eigenvalue weighted by atomic mass is 19.1. The highest BCUT2D eigenvalue weighted by molar-refractivity contribution is 5.68. The summed E-state index contributed by atoms with van der Waals surface area (Å²) >= 11 is 0. The number of rotatable bonds is 5. The van der Waals surface area contributed by atoms with Crippen LogP contribution in [0.15, 0.2) is 36.4 Å². The van der Waals surface area contributed by atoms with Crippen molar-refractivity contribution in [2.24, 2.45) is 0 Å². The number of methoxy groups -OCH3 is 2. The van der Waals surface area contributed by atoms with Crippen LogP contribution in [0.3, 0.4) is 0 Å². The van der Waals surface area contributed by atoms with Crippen LogP contribution in [0.1, 0.15) is 5.56 Å².